The van der Waals surface area contributed by atoms with Crippen LogP contribution in [0, 0.1) is 13.8 Å². The first-order valence-electron chi connectivity index (χ1n) is 8.31. The second-order valence-electron chi connectivity index (χ2n) is 6.31. The number of rotatable bonds is 5. The van der Waals surface area contributed by atoms with Crippen molar-refractivity contribution in [1.82, 2.24) is 20.3 Å². The number of halogens is 1. The SMILES string of the molecule is CO[C@@H]1CN(c2nc(C)c(C(=O)O)s2)CC[C@@H]1NC(=O)c1nc(Cl)c(C)[nH]1. The maximum Gasteiger partial charge on any atom is 0.347 e. The Bertz CT molecular complexity index is 848. The zero-order valence-corrected chi connectivity index (χ0v) is 16.6. The van der Waals surface area contributed by atoms with Gasteiger partial charge in [-0.1, -0.05) is 22.9 Å². The lowest BCUT2D eigenvalue weighted by Crippen LogP contribution is -2.55. The van der Waals surface area contributed by atoms with E-state index < -0.39 is 5.97 Å². The molecule has 0 unspecified atom stereocenters. The van der Waals surface area contributed by atoms with E-state index in [1.165, 1.54) is 0 Å². The number of hydrogen-bond donors (Lipinski definition) is 3. The quantitative estimate of drug-likeness (QED) is 0.684. The molecule has 0 radical (unpaired) electrons. The third-order valence-electron chi connectivity index (χ3n) is 4.47. The van der Waals surface area contributed by atoms with Gasteiger partial charge in [-0.15, -0.1) is 0 Å². The fraction of sp³-hybridized carbons (Fsp3) is 0.500. The number of nitrogens with zero attached hydrogens (tertiary/aromatic N) is 3. The number of H-pyrrole nitrogens is 1. The third-order valence-corrected chi connectivity index (χ3v) is 6.04. The predicted molar refractivity (Wildman–Crippen MR) is 101 cm³/mol. The topological polar surface area (TPSA) is 120 Å². The monoisotopic (exact) mass is 413 g/mol. The Labute approximate surface area is 164 Å². The van der Waals surface area contributed by atoms with Gasteiger partial charge in [-0.3, -0.25) is 4.79 Å². The zero-order chi connectivity index (χ0) is 19.7. The Morgan fingerprint density at radius 1 is 1.41 bits per heavy atom. The Balaban J connectivity index is 1.68. The van der Waals surface area contributed by atoms with Crippen molar-refractivity contribution < 1.29 is 19.4 Å². The molecule has 9 nitrogen and oxygen atoms in total. The predicted octanol–water partition coefficient (Wildman–Crippen LogP) is 1.86. The molecule has 0 saturated carbocycles. The Morgan fingerprint density at radius 3 is 2.70 bits per heavy atom. The first-order chi connectivity index (χ1) is 12.8. The molecule has 3 N–H and O–H groups in total. The van der Waals surface area contributed by atoms with Gasteiger partial charge in [0.25, 0.3) is 5.91 Å². The molecule has 146 valence electrons. The highest BCUT2D eigenvalue weighted by Crippen LogP contribution is 2.29. The fourth-order valence-electron chi connectivity index (χ4n) is 2.99. The number of ether oxygens (including phenoxy) is 1. The van der Waals surface area contributed by atoms with E-state index in [1.54, 1.807) is 21.0 Å². The molecule has 2 aromatic heterocycles. The summed E-state index contributed by atoms with van der Waals surface area (Å²) in [4.78, 5) is 37.1. The molecule has 3 rings (SSSR count). The largest absolute Gasteiger partial charge is 0.477 e. The van der Waals surface area contributed by atoms with Crippen LogP contribution in [-0.2, 0) is 4.74 Å². The minimum absolute atomic E-state index is 0.163. The number of carboxylic acid groups (broad SMARTS) is 1. The number of piperidine rings is 1. The van der Waals surface area contributed by atoms with E-state index >= 15 is 0 Å². The van der Waals surface area contributed by atoms with Crippen LogP contribution >= 0.6 is 22.9 Å². The molecule has 0 aromatic carbocycles. The minimum Gasteiger partial charge on any atom is -0.477 e. The van der Waals surface area contributed by atoms with Gasteiger partial charge < -0.3 is 25.0 Å². The van der Waals surface area contributed by atoms with Gasteiger partial charge in [0.2, 0.25) is 0 Å². The average Bonchev–Trinajstić information content (AvgIpc) is 3.18. The summed E-state index contributed by atoms with van der Waals surface area (Å²) in [5.41, 5.74) is 1.13. The molecule has 0 bridgehead atoms. The van der Waals surface area contributed by atoms with E-state index in [9.17, 15) is 14.7 Å². The van der Waals surface area contributed by atoms with Crippen LogP contribution in [0.5, 0.6) is 0 Å². The van der Waals surface area contributed by atoms with Crippen molar-refractivity contribution in [1.29, 1.82) is 0 Å². The fourth-order valence-corrected chi connectivity index (χ4v) is 4.07. The Morgan fingerprint density at radius 2 is 2.15 bits per heavy atom. The number of methoxy groups -OCH3 is 1. The van der Waals surface area contributed by atoms with Gasteiger partial charge in [0.05, 0.1) is 23.5 Å². The van der Waals surface area contributed by atoms with Crippen molar-refractivity contribution in [2.24, 2.45) is 0 Å². The number of aromatic amines is 1. The zero-order valence-electron chi connectivity index (χ0n) is 15.1. The molecule has 0 aliphatic carbocycles. The molecule has 11 heteroatoms. The van der Waals surface area contributed by atoms with Crippen molar-refractivity contribution in [2.75, 3.05) is 25.1 Å². The van der Waals surface area contributed by atoms with Gasteiger partial charge in [0.1, 0.15) is 4.88 Å². The summed E-state index contributed by atoms with van der Waals surface area (Å²) < 4.78 is 5.55. The third kappa shape index (κ3) is 4.07. The number of carbonyl (C=O) groups is 2. The van der Waals surface area contributed by atoms with Gasteiger partial charge in [-0.2, -0.15) is 0 Å². The van der Waals surface area contributed by atoms with Crippen LogP contribution in [0.1, 0.15) is 38.1 Å². The molecule has 1 aliphatic rings. The van der Waals surface area contributed by atoms with E-state index in [-0.39, 0.29) is 33.9 Å². The number of hydrogen-bond acceptors (Lipinski definition) is 7. The first kappa shape index (κ1) is 19.6. The molecule has 1 fully saturated rings. The van der Waals surface area contributed by atoms with Gasteiger partial charge in [0, 0.05) is 20.2 Å². The molecule has 2 aromatic rings. The summed E-state index contributed by atoms with van der Waals surface area (Å²) in [6.07, 6.45) is 0.352. The van der Waals surface area contributed by atoms with Crippen molar-refractivity contribution in [3.8, 4) is 0 Å². The summed E-state index contributed by atoms with van der Waals surface area (Å²) in [6, 6.07) is -0.206. The molecule has 1 saturated heterocycles. The number of aromatic nitrogens is 3. The Hall–Kier alpha value is -2.17. The van der Waals surface area contributed by atoms with Crippen LogP contribution in [-0.4, -0.2) is 64.3 Å². The summed E-state index contributed by atoms with van der Waals surface area (Å²) >= 11 is 7.04. The van der Waals surface area contributed by atoms with Gasteiger partial charge in [0.15, 0.2) is 16.1 Å². The normalized spacial score (nSPS) is 19.9. The second-order valence-corrected chi connectivity index (χ2v) is 7.64. The van der Waals surface area contributed by atoms with Crippen LogP contribution in [0.4, 0.5) is 5.13 Å². The molecule has 2 atom stereocenters. The van der Waals surface area contributed by atoms with E-state index in [2.05, 4.69) is 20.3 Å². The molecule has 3 heterocycles. The smallest absolute Gasteiger partial charge is 0.347 e. The highest BCUT2D eigenvalue weighted by Gasteiger charge is 2.33. The van der Waals surface area contributed by atoms with Crippen molar-refractivity contribution in [3.05, 3.63) is 27.2 Å². The number of imidazole rings is 1. The van der Waals surface area contributed by atoms with Crippen molar-refractivity contribution in [3.63, 3.8) is 0 Å². The van der Waals surface area contributed by atoms with Gasteiger partial charge in [-0.25, -0.2) is 14.8 Å². The van der Waals surface area contributed by atoms with E-state index in [0.29, 0.717) is 36.0 Å². The molecule has 1 aliphatic heterocycles. The lowest BCUT2D eigenvalue weighted by molar-refractivity contribution is 0.0538. The van der Waals surface area contributed by atoms with Crippen molar-refractivity contribution in [2.45, 2.75) is 32.4 Å². The van der Waals surface area contributed by atoms with E-state index in [1.807, 2.05) is 4.90 Å². The number of carboxylic acids is 1. The minimum atomic E-state index is -0.978. The van der Waals surface area contributed by atoms with Crippen LogP contribution in [0.3, 0.4) is 0 Å². The van der Waals surface area contributed by atoms with Crippen LogP contribution in [0.15, 0.2) is 0 Å². The summed E-state index contributed by atoms with van der Waals surface area (Å²) in [6.45, 7) is 4.53. The van der Waals surface area contributed by atoms with Crippen LogP contribution in [0.2, 0.25) is 5.15 Å². The Kier molecular flexibility index (Phi) is 5.68. The highest BCUT2D eigenvalue weighted by atomic mass is 35.5. The van der Waals surface area contributed by atoms with Gasteiger partial charge >= 0.3 is 5.97 Å². The number of carbonyl (C=O) groups excluding carboxylic acids is 1. The second kappa shape index (κ2) is 7.83. The number of thiazole rings is 1. The van der Waals surface area contributed by atoms with Crippen molar-refractivity contribution >= 4 is 39.9 Å². The number of anilines is 1. The number of aromatic carboxylic acids is 1. The lowest BCUT2D eigenvalue weighted by Gasteiger charge is -2.37. The molecular formula is C16H20ClN5O4S. The summed E-state index contributed by atoms with van der Waals surface area (Å²) in [5.74, 6) is -1.16. The number of nitrogens with one attached hydrogen (secondary N) is 2. The maximum atomic E-state index is 12.4. The van der Waals surface area contributed by atoms with Crippen LogP contribution < -0.4 is 10.2 Å². The molecular weight excluding hydrogens is 394 g/mol. The average molecular weight is 414 g/mol. The standard InChI is InChI=1S/C16H20ClN5O4S/c1-7-11(15(24)25)27-16(19-7)22-5-4-9(10(6-22)26-3)20-14(23)13-18-8(2)12(17)21-13/h9-10H,4-6H2,1-3H3,(H,18,21)(H,20,23)(H,24,25)/t9-,10+/m0/s1. The van der Waals surface area contributed by atoms with Crippen LogP contribution in [0.25, 0.3) is 0 Å². The molecule has 27 heavy (non-hydrogen) atoms. The molecule has 0 spiro atoms. The van der Waals surface area contributed by atoms with Gasteiger partial charge in [-0.05, 0) is 20.3 Å². The summed E-state index contributed by atoms with van der Waals surface area (Å²) in [7, 11) is 1.58. The molecule has 1 amide bonds. The number of amides is 1. The van der Waals surface area contributed by atoms with E-state index in [0.717, 1.165) is 11.3 Å². The highest BCUT2D eigenvalue weighted by molar-refractivity contribution is 7.17. The maximum absolute atomic E-state index is 12.4. The number of aryl methyl sites for hydroxylation is 2. The first-order valence-corrected chi connectivity index (χ1v) is 9.51. The summed E-state index contributed by atoms with van der Waals surface area (Å²) in [5, 5.41) is 13.1. The van der Waals surface area contributed by atoms with E-state index in [4.69, 9.17) is 16.3 Å². The lowest BCUT2D eigenvalue weighted by atomic mass is 10.0.